The molecule has 2 heterocycles. The van der Waals surface area contributed by atoms with Crippen LogP contribution in [0, 0.1) is 0 Å². The van der Waals surface area contributed by atoms with E-state index in [0.717, 1.165) is 31.9 Å². The lowest BCUT2D eigenvalue weighted by molar-refractivity contribution is 0.128. The Kier molecular flexibility index (Phi) is 6.76. The summed E-state index contributed by atoms with van der Waals surface area (Å²) in [4.78, 5) is 11.4. The first-order valence-electron chi connectivity index (χ1n) is 9.22. The standard InChI is InChI=1S/C19H28N6O/c1-2-26-14-19-22-17(11-18(23-19)24-20)21-16-9-6-10-25(13-16)12-15-7-4-3-5-8-15/h3-5,7-8,11,16H,2,6,9-10,12-14,20H2,1H3,(H2,21,22,23,24). The minimum absolute atomic E-state index is 0.355. The maximum absolute atomic E-state index is 5.54. The molecule has 0 amide bonds. The van der Waals surface area contributed by atoms with Gasteiger partial charge in [-0.05, 0) is 31.9 Å². The summed E-state index contributed by atoms with van der Waals surface area (Å²) in [7, 11) is 0. The number of hydrogen-bond donors (Lipinski definition) is 3. The largest absolute Gasteiger partial charge is 0.374 e. The Morgan fingerprint density at radius 3 is 2.81 bits per heavy atom. The number of ether oxygens (including phenoxy) is 1. The Hall–Kier alpha value is -2.22. The SMILES string of the molecule is CCOCc1nc(NN)cc(NC2CCCN(Cc3ccccc3)C2)n1. The molecule has 0 aliphatic carbocycles. The maximum Gasteiger partial charge on any atom is 0.158 e. The molecule has 1 unspecified atom stereocenters. The molecule has 4 N–H and O–H groups in total. The Balaban J connectivity index is 1.62. The highest BCUT2D eigenvalue weighted by Crippen LogP contribution is 2.18. The van der Waals surface area contributed by atoms with Gasteiger partial charge in [-0.1, -0.05) is 30.3 Å². The molecule has 26 heavy (non-hydrogen) atoms. The van der Waals surface area contributed by atoms with Gasteiger partial charge >= 0.3 is 0 Å². The summed E-state index contributed by atoms with van der Waals surface area (Å²) in [5.41, 5.74) is 3.96. The molecular weight excluding hydrogens is 328 g/mol. The van der Waals surface area contributed by atoms with Crippen LogP contribution in [0.4, 0.5) is 11.6 Å². The summed E-state index contributed by atoms with van der Waals surface area (Å²) in [6.07, 6.45) is 2.30. The zero-order chi connectivity index (χ0) is 18.2. The molecule has 1 fully saturated rings. The van der Waals surface area contributed by atoms with Gasteiger partial charge in [0.05, 0.1) is 0 Å². The second-order valence-corrected chi connectivity index (χ2v) is 6.54. The molecule has 1 aliphatic heterocycles. The molecule has 0 radical (unpaired) electrons. The zero-order valence-electron chi connectivity index (χ0n) is 15.3. The topological polar surface area (TPSA) is 88.3 Å². The molecule has 0 bridgehead atoms. The number of nitrogens with zero attached hydrogens (tertiary/aromatic N) is 3. The summed E-state index contributed by atoms with van der Waals surface area (Å²) in [6.45, 7) is 6.06. The van der Waals surface area contributed by atoms with Gasteiger partial charge < -0.3 is 15.5 Å². The molecule has 140 valence electrons. The van der Waals surface area contributed by atoms with Crippen molar-refractivity contribution in [3.05, 3.63) is 47.8 Å². The van der Waals surface area contributed by atoms with Crippen molar-refractivity contribution >= 4 is 11.6 Å². The fourth-order valence-corrected chi connectivity index (χ4v) is 3.27. The van der Waals surface area contributed by atoms with Crippen LogP contribution in [-0.4, -0.2) is 40.6 Å². The van der Waals surface area contributed by atoms with E-state index >= 15 is 0 Å². The highest BCUT2D eigenvalue weighted by molar-refractivity contribution is 5.47. The zero-order valence-corrected chi connectivity index (χ0v) is 15.3. The lowest BCUT2D eigenvalue weighted by Crippen LogP contribution is -2.41. The van der Waals surface area contributed by atoms with E-state index in [1.807, 2.05) is 13.0 Å². The average molecular weight is 356 g/mol. The number of nitrogens with one attached hydrogen (secondary N) is 2. The van der Waals surface area contributed by atoms with Gasteiger partial charge in [-0.3, -0.25) is 4.90 Å². The average Bonchev–Trinajstić information content (AvgIpc) is 2.67. The fraction of sp³-hybridized carbons (Fsp3) is 0.474. The van der Waals surface area contributed by atoms with Crippen molar-refractivity contribution in [3.8, 4) is 0 Å². The van der Waals surface area contributed by atoms with Crippen molar-refractivity contribution < 1.29 is 4.74 Å². The van der Waals surface area contributed by atoms with E-state index in [4.69, 9.17) is 10.6 Å². The Morgan fingerprint density at radius 1 is 1.23 bits per heavy atom. The van der Waals surface area contributed by atoms with E-state index in [1.54, 1.807) is 0 Å². The first kappa shape index (κ1) is 18.6. The summed E-state index contributed by atoms with van der Waals surface area (Å²) in [5, 5.41) is 3.54. The molecule has 1 atom stereocenters. The quantitative estimate of drug-likeness (QED) is 0.494. The Bertz CT molecular complexity index is 681. The van der Waals surface area contributed by atoms with Crippen molar-refractivity contribution in [2.24, 2.45) is 5.84 Å². The number of nitrogen functional groups attached to an aromatic ring is 1. The van der Waals surface area contributed by atoms with Crippen LogP contribution < -0.4 is 16.6 Å². The third-order valence-corrected chi connectivity index (χ3v) is 4.46. The molecule has 1 aliphatic rings. The first-order valence-corrected chi connectivity index (χ1v) is 9.22. The number of likely N-dealkylation sites (tertiary alicyclic amines) is 1. The molecule has 1 aromatic heterocycles. The van der Waals surface area contributed by atoms with Gasteiger partial charge in [0.25, 0.3) is 0 Å². The van der Waals surface area contributed by atoms with Crippen LogP contribution in [-0.2, 0) is 17.9 Å². The van der Waals surface area contributed by atoms with Crippen molar-refractivity contribution in [1.29, 1.82) is 0 Å². The lowest BCUT2D eigenvalue weighted by atomic mass is 10.0. The summed E-state index contributed by atoms with van der Waals surface area (Å²) in [6, 6.07) is 12.8. The van der Waals surface area contributed by atoms with Crippen LogP contribution in [0.25, 0.3) is 0 Å². The van der Waals surface area contributed by atoms with E-state index in [0.29, 0.717) is 30.9 Å². The van der Waals surface area contributed by atoms with Crippen LogP contribution in [0.3, 0.4) is 0 Å². The van der Waals surface area contributed by atoms with Crippen molar-refractivity contribution in [2.75, 3.05) is 30.4 Å². The van der Waals surface area contributed by atoms with Gasteiger partial charge in [-0.2, -0.15) is 0 Å². The van der Waals surface area contributed by atoms with E-state index in [1.165, 1.54) is 12.0 Å². The van der Waals surface area contributed by atoms with Crippen molar-refractivity contribution in [2.45, 2.75) is 39.0 Å². The normalized spacial score (nSPS) is 17.8. The van der Waals surface area contributed by atoms with E-state index < -0.39 is 0 Å². The molecule has 0 spiro atoms. The van der Waals surface area contributed by atoms with Crippen LogP contribution in [0.1, 0.15) is 31.2 Å². The number of hydrogen-bond acceptors (Lipinski definition) is 7. The minimum atomic E-state index is 0.355. The van der Waals surface area contributed by atoms with Gasteiger partial charge in [0.1, 0.15) is 18.2 Å². The van der Waals surface area contributed by atoms with Gasteiger partial charge in [0.15, 0.2) is 5.82 Å². The molecule has 1 saturated heterocycles. The minimum Gasteiger partial charge on any atom is -0.374 e. The Labute approximate surface area is 154 Å². The summed E-state index contributed by atoms with van der Waals surface area (Å²) in [5.74, 6) is 7.55. The monoisotopic (exact) mass is 356 g/mol. The second-order valence-electron chi connectivity index (χ2n) is 6.54. The van der Waals surface area contributed by atoms with Crippen LogP contribution >= 0.6 is 0 Å². The lowest BCUT2D eigenvalue weighted by Gasteiger charge is -2.33. The highest BCUT2D eigenvalue weighted by Gasteiger charge is 2.20. The third-order valence-electron chi connectivity index (χ3n) is 4.46. The smallest absolute Gasteiger partial charge is 0.158 e. The molecule has 2 aromatic rings. The van der Waals surface area contributed by atoms with Gasteiger partial charge in [0.2, 0.25) is 0 Å². The predicted octanol–water partition coefficient (Wildman–Crippen LogP) is 2.38. The fourth-order valence-electron chi connectivity index (χ4n) is 3.27. The van der Waals surface area contributed by atoms with Crippen LogP contribution in [0.15, 0.2) is 36.4 Å². The van der Waals surface area contributed by atoms with E-state index in [-0.39, 0.29) is 0 Å². The Morgan fingerprint density at radius 2 is 2.04 bits per heavy atom. The van der Waals surface area contributed by atoms with Gasteiger partial charge in [0, 0.05) is 31.8 Å². The van der Waals surface area contributed by atoms with Crippen molar-refractivity contribution in [1.82, 2.24) is 14.9 Å². The second kappa shape index (κ2) is 9.47. The van der Waals surface area contributed by atoms with Crippen molar-refractivity contribution in [3.63, 3.8) is 0 Å². The third kappa shape index (κ3) is 5.39. The highest BCUT2D eigenvalue weighted by atomic mass is 16.5. The molecule has 7 heteroatoms. The molecule has 7 nitrogen and oxygen atoms in total. The van der Waals surface area contributed by atoms with Gasteiger partial charge in [-0.25, -0.2) is 15.8 Å². The molecule has 0 saturated carbocycles. The number of hydrazine groups is 1. The molecule has 3 rings (SSSR count). The van der Waals surface area contributed by atoms with E-state index in [9.17, 15) is 0 Å². The summed E-state index contributed by atoms with van der Waals surface area (Å²) >= 11 is 0. The van der Waals surface area contributed by atoms with Crippen LogP contribution in [0.2, 0.25) is 0 Å². The molecule has 1 aromatic carbocycles. The predicted molar refractivity (Wildman–Crippen MR) is 104 cm³/mol. The number of nitrogens with two attached hydrogens (primary N) is 1. The number of benzene rings is 1. The molecular formula is C19H28N6O. The number of piperidine rings is 1. The first-order chi connectivity index (χ1) is 12.8. The number of rotatable bonds is 8. The number of aromatic nitrogens is 2. The van der Waals surface area contributed by atoms with E-state index in [2.05, 4.69) is 55.9 Å². The number of anilines is 2. The maximum atomic E-state index is 5.54. The van der Waals surface area contributed by atoms with Gasteiger partial charge in [-0.15, -0.1) is 0 Å². The summed E-state index contributed by atoms with van der Waals surface area (Å²) < 4.78 is 5.42. The van der Waals surface area contributed by atoms with Crippen LogP contribution in [0.5, 0.6) is 0 Å².